The van der Waals surface area contributed by atoms with E-state index in [-0.39, 0.29) is 18.2 Å². The molecule has 0 atom stereocenters. The molecule has 1 heterocycles. The zero-order valence-electron chi connectivity index (χ0n) is 16.0. The van der Waals surface area contributed by atoms with Gasteiger partial charge in [-0.1, -0.05) is 6.07 Å². The van der Waals surface area contributed by atoms with Gasteiger partial charge in [0.2, 0.25) is 0 Å². The molecule has 8 heteroatoms. The van der Waals surface area contributed by atoms with Crippen LogP contribution in [0.25, 0.3) is 5.69 Å². The van der Waals surface area contributed by atoms with Gasteiger partial charge in [0.15, 0.2) is 6.61 Å². The molecule has 2 aromatic carbocycles. The van der Waals surface area contributed by atoms with Gasteiger partial charge in [-0.15, -0.1) is 0 Å². The molecule has 1 aromatic heterocycles. The number of carbonyl (C=O) groups excluding carboxylic acids is 1. The van der Waals surface area contributed by atoms with Gasteiger partial charge < -0.3 is 9.30 Å². The molecule has 0 bridgehead atoms. The maximum absolute atomic E-state index is 11.9. The predicted molar refractivity (Wildman–Crippen MR) is 110 cm³/mol. The molecule has 8 nitrogen and oxygen atoms in total. The number of aryl methyl sites for hydroxylation is 2. The van der Waals surface area contributed by atoms with Crippen molar-refractivity contribution >= 4 is 17.8 Å². The van der Waals surface area contributed by atoms with E-state index in [1.165, 1.54) is 18.3 Å². The van der Waals surface area contributed by atoms with Gasteiger partial charge in [0, 0.05) is 24.0 Å². The number of ether oxygens (including phenoxy) is 1. The molecule has 0 aliphatic heterocycles. The number of carbonyl (C=O) groups is 1. The summed E-state index contributed by atoms with van der Waals surface area (Å²) in [4.78, 5) is 22.3. The molecular weight excluding hydrogens is 372 g/mol. The summed E-state index contributed by atoms with van der Waals surface area (Å²) < 4.78 is 7.27. The van der Waals surface area contributed by atoms with Crippen molar-refractivity contribution in [3.63, 3.8) is 0 Å². The number of aromatic nitrogens is 1. The van der Waals surface area contributed by atoms with E-state index in [0.29, 0.717) is 11.4 Å². The zero-order valence-corrected chi connectivity index (χ0v) is 16.0. The standard InChI is InChI=1S/C21H20N4O4/c1-15-5-10-20(12-16(15)2)29-14-21(26)23-22-13-19-4-3-11-24(19)17-6-8-18(9-7-17)25(27)28/h3-13H,14H2,1-2H3,(H,23,26). The predicted octanol–water partition coefficient (Wildman–Crippen LogP) is 3.53. The Kier molecular flexibility index (Phi) is 6.03. The van der Waals surface area contributed by atoms with Crippen LogP contribution in [0, 0.1) is 24.0 Å². The van der Waals surface area contributed by atoms with Crippen molar-refractivity contribution < 1.29 is 14.5 Å². The van der Waals surface area contributed by atoms with Crippen LogP contribution in [0.15, 0.2) is 65.9 Å². The van der Waals surface area contributed by atoms with Crippen LogP contribution in [0.2, 0.25) is 0 Å². The molecule has 0 aliphatic rings. The number of nitro groups is 1. The Morgan fingerprint density at radius 1 is 1.17 bits per heavy atom. The first-order chi connectivity index (χ1) is 13.9. The van der Waals surface area contributed by atoms with Crippen molar-refractivity contribution in [1.29, 1.82) is 0 Å². The number of non-ortho nitro benzene ring substituents is 1. The Balaban J connectivity index is 1.58. The highest BCUT2D eigenvalue weighted by atomic mass is 16.6. The number of hydrogen-bond donors (Lipinski definition) is 1. The van der Waals surface area contributed by atoms with E-state index < -0.39 is 4.92 Å². The lowest BCUT2D eigenvalue weighted by molar-refractivity contribution is -0.384. The minimum atomic E-state index is -0.447. The third-order valence-electron chi connectivity index (χ3n) is 4.35. The highest BCUT2D eigenvalue weighted by Crippen LogP contribution is 2.17. The topological polar surface area (TPSA) is 98.8 Å². The lowest BCUT2D eigenvalue weighted by Gasteiger charge is -2.07. The summed E-state index contributed by atoms with van der Waals surface area (Å²) in [6.07, 6.45) is 3.29. The number of nitro benzene ring substituents is 1. The Morgan fingerprint density at radius 2 is 1.93 bits per heavy atom. The van der Waals surface area contributed by atoms with E-state index in [1.807, 2.05) is 44.2 Å². The van der Waals surface area contributed by atoms with Crippen LogP contribution < -0.4 is 10.2 Å². The molecule has 0 spiro atoms. The largest absolute Gasteiger partial charge is 0.484 e. The molecule has 148 valence electrons. The van der Waals surface area contributed by atoms with Crippen LogP contribution >= 0.6 is 0 Å². The molecule has 29 heavy (non-hydrogen) atoms. The first-order valence-electron chi connectivity index (χ1n) is 8.88. The maximum Gasteiger partial charge on any atom is 0.277 e. The van der Waals surface area contributed by atoms with Crippen LogP contribution in [-0.4, -0.2) is 28.2 Å². The Hall–Kier alpha value is -3.94. The SMILES string of the molecule is Cc1ccc(OCC(=O)NN=Cc2cccn2-c2ccc([N+](=O)[O-])cc2)cc1C. The van der Waals surface area contributed by atoms with Crippen LogP contribution in [0.4, 0.5) is 5.69 Å². The molecule has 0 unspecified atom stereocenters. The van der Waals surface area contributed by atoms with Crippen molar-refractivity contribution in [2.75, 3.05) is 6.61 Å². The molecule has 1 N–H and O–H groups in total. The maximum atomic E-state index is 11.9. The zero-order chi connectivity index (χ0) is 20.8. The lowest BCUT2D eigenvalue weighted by Crippen LogP contribution is -2.24. The first kappa shape index (κ1) is 19.8. The fourth-order valence-electron chi connectivity index (χ4n) is 2.62. The normalized spacial score (nSPS) is 10.8. The Labute approximate surface area is 167 Å². The molecular formula is C21H20N4O4. The van der Waals surface area contributed by atoms with Crippen molar-refractivity contribution in [3.8, 4) is 11.4 Å². The molecule has 0 saturated heterocycles. The molecule has 3 aromatic rings. The van der Waals surface area contributed by atoms with Gasteiger partial charge in [-0.25, -0.2) is 5.43 Å². The van der Waals surface area contributed by atoms with Gasteiger partial charge in [0.05, 0.1) is 16.8 Å². The number of hydrazone groups is 1. The monoisotopic (exact) mass is 392 g/mol. The highest BCUT2D eigenvalue weighted by molar-refractivity contribution is 5.82. The van der Waals surface area contributed by atoms with Gasteiger partial charge in [-0.05, 0) is 61.4 Å². The van der Waals surface area contributed by atoms with Gasteiger partial charge >= 0.3 is 0 Å². The summed E-state index contributed by atoms with van der Waals surface area (Å²) in [7, 11) is 0. The molecule has 3 rings (SSSR count). The van der Waals surface area contributed by atoms with Crippen LogP contribution in [0.3, 0.4) is 0 Å². The van der Waals surface area contributed by atoms with Crippen LogP contribution in [-0.2, 0) is 4.79 Å². The van der Waals surface area contributed by atoms with Crippen molar-refractivity contribution in [2.24, 2.45) is 5.10 Å². The summed E-state index contributed by atoms with van der Waals surface area (Å²) in [5, 5.41) is 14.7. The summed E-state index contributed by atoms with van der Waals surface area (Å²) in [6, 6.07) is 15.4. The van der Waals surface area contributed by atoms with Gasteiger partial charge in [0.25, 0.3) is 11.6 Å². The molecule has 1 amide bonds. The molecule has 0 fully saturated rings. The summed E-state index contributed by atoms with van der Waals surface area (Å²) in [5.41, 5.74) is 6.13. The van der Waals surface area contributed by atoms with Crippen LogP contribution in [0.1, 0.15) is 16.8 Å². The minimum Gasteiger partial charge on any atom is -0.484 e. The Bertz CT molecular complexity index is 1050. The smallest absolute Gasteiger partial charge is 0.277 e. The third-order valence-corrected chi connectivity index (χ3v) is 4.35. The number of nitrogens with zero attached hydrogens (tertiary/aromatic N) is 3. The van der Waals surface area contributed by atoms with Crippen molar-refractivity contribution in [2.45, 2.75) is 13.8 Å². The second-order valence-electron chi connectivity index (χ2n) is 6.40. The second kappa shape index (κ2) is 8.83. The number of amides is 1. The first-order valence-corrected chi connectivity index (χ1v) is 8.88. The van der Waals surface area contributed by atoms with E-state index in [1.54, 1.807) is 22.9 Å². The summed E-state index contributed by atoms with van der Waals surface area (Å²) in [6.45, 7) is 3.84. The highest BCUT2D eigenvalue weighted by Gasteiger charge is 2.07. The number of nitrogens with one attached hydrogen (secondary N) is 1. The van der Waals surface area contributed by atoms with Gasteiger partial charge in [-0.2, -0.15) is 5.10 Å². The second-order valence-corrected chi connectivity index (χ2v) is 6.40. The van der Waals surface area contributed by atoms with E-state index in [0.717, 1.165) is 16.8 Å². The average molecular weight is 392 g/mol. The third kappa shape index (κ3) is 5.07. The fourth-order valence-corrected chi connectivity index (χ4v) is 2.62. The lowest BCUT2D eigenvalue weighted by atomic mass is 10.1. The number of rotatable bonds is 7. The average Bonchev–Trinajstić information content (AvgIpc) is 3.17. The van der Waals surface area contributed by atoms with Gasteiger partial charge in [0.1, 0.15) is 5.75 Å². The van der Waals surface area contributed by atoms with E-state index in [9.17, 15) is 14.9 Å². The van der Waals surface area contributed by atoms with Crippen molar-refractivity contribution in [3.05, 3.63) is 87.7 Å². The molecule has 0 saturated carbocycles. The van der Waals surface area contributed by atoms with Gasteiger partial charge in [-0.3, -0.25) is 14.9 Å². The Morgan fingerprint density at radius 3 is 2.62 bits per heavy atom. The fraction of sp³-hybridized carbons (Fsp3) is 0.143. The number of hydrogen-bond acceptors (Lipinski definition) is 5. The summed E-state index contributed by atoms with van der Waals surface area (Å²) in [5.74, 6) is 0.243. The minimum absolute atomic E-state index is 0.0205. The quantitative estimate of drug-likeness (QED) is 0.378. The van der Waals surface area contributed by atoms with E-state index in [4.69, 9.17) is 4.74 Å². The van der Waals surface area contributed by atoms with E-state index in [2.05, 4.69) is 10.5 Å². The number of benzene rings is 2. The van der Waals surface area contributed by atoms with Crippen molar-refractivity contribution in [1.82, 2.24) is 9.99 Å². The summed E-state index contributed by atoms with van der Waals surface area (Å²) >= 11 is 0. The molecule has 0 radical (unpaired) electrons. The van der Waals surface area contributed by atoms with E-state index >= 15 is 0 Å². The van der Waals surface area contributed by atoms with Crippen LogP contribution in [0.5, 0.6) is 5.75 Å². The molecule has 0 aliphatic carbocycles.